The molecule has 1 unspecified atom stereocenters. The SMILES string of the molecule is NCC(=O)OC(O)C(=O)OOC(=O)C=O. The molecule has 0 aromatic heterocycles. The molecule has 0 bridgehead atoms. The van der Waals surface area contributed by atoms with Crippen LogP contribution in [0.5, 0.6) is 0 Å². The van der Waals surface area contributed by atoms with Crippen LogP contribution in [0, 0.1) is 0 Å². The van der Waals surface area contributed by atoms with E-state index in [1.54, 1.807) is 0 Å². The molecule has 9 heteroatoms. The van der Waals surface area contributed by atoms with Crippen LogP contribution >= 0.6 is 0 Å². The molecule has 1 atom stereocenters. The van der Waals surface area contributed by atoms with Crippen LogP contribution in [0.2, 0.25) is 0 Å². The topological polar surface area (TPSA) is 142 Å². The molecule has 0 aromatic carbocycles. The highest BCUT2D eigenvalue weighted by Crippen LogP contribution is 1.93. The smallest absolute Gasteiger partial charge is 0.423 e. The van der Waals surface area contributed by atoms with E-state index in [1.165, 1.54) is 0 Å². The lowest BCUT2D eigenvalue weighted by molar-refractivity contribution is -0.271. The van der Waals surface area contributed by atoms with Gasteiger partial charge in [-0.2, -0.15) is 0 Å². The summed E-state index contributed by atoms with van der Waals surface area (Å²) in [6, 6.07) is 0. The summed E-state index contributed by atoms with van der Waals surface area (Å²) in [5.74, 6) is -4.13. The van der Waals surface area contributed by atoms with Gasteiger partial charge in [-0.3, -0.25) is 9.59 Å². The summed E-state index contributed by atoms with van der Waals surface area (Å²) in [5, 5.41) is 8.75. The second-order valence-corrected chi connectivity index (χ2v) is 1.97. The minimum Gasteiger partial charge on any atom is -0.423 e. The predicted octanol–water partition coefficient (Wildman–Crippen LogP) is -2.99. The number of rotatable bonds is 4. The molecule has 0 fully saturated rings. The van der Waals surface area contributed by atoms with Gasteiger partial charge in [0.15, 0.2) is 0 Å². The molecule has 0 aliphatic rings. The van der Waals surface area contributed by atoms with Gasteiger partial charge in [0.1, 0.15) is 0 Å². The van der Waals surface area contributed by atoms with Crippen LogP contribution in [-0.2, 0) is 33.7 Å². The van der Waals surface area contributed by atoms with Crippen molar-refractivity contribution in [2.45, 2.75) is 6.29 Å². The van der Waals surface area contributed by atoms with Crippen LogP contribution in [0.4, 0.5) is 0 Å². The van der Waals surface area contributed by atoms with Crippen molar-refractivity contribution in [1.82, 2.24) is 0 Å². The first-order chi connectivity index (χ1) is 7.01. The van der Waals surface area contributed by atoms with E-state index >= 15 is 0 Å². The summed E-state index contributed by atoms with van der Waals surface area (Å²) < 4.78 is 3.96. The number of aliphatic hydroxyl groups excluding tert-OH is 1. The summed E-state index contributed by atoms with van der Waals surface area (Å²) in [6.07, 6.45) is -2.55. The number of carbonyl (C=O) groups is 4. The number of ether oxygens (including phenoxy) is 1. The molecular weight excluding hydrogens is 214 g/mol. The molecule has 0 radical (unpaired) electrons. The monoisotopic (exact) mass is 221 g/mol. The van der Waals surface area contributed by atoms with Gasteiger partial charge in [0.25, 0.3) is 0 Å². The first-order valence-corrected chi connectivity index (χ1v) is 3.46. The first-order valence-electron chi connectivity index (χ1n) is 3.46. The van der Waals surface area contributed by atoms with E-state index in [0.717, 1.165) is 0 Å². The Bertz CT molecular complexity index is 274. The molecule has 0 aliphatic carbocycles. The van der Waals surface area contributed by atoms with Crippen LogP contribution in [0.1, 0.15) is 0 Å². The third-order valence-corrected chi connectivity index (χ3v) is 0.914. The Morgan fingerprint density at radius 3 is 2.40 bits per heavy atom. The maximum Gasteiger partial charge on any atom is 0.423 e. The van der Waals surface area contributed by atoms with E-state index < -0.39 is 30.7 Å². The summed E-state index contributed by atoms with van der Waals surface area (Å²) in [6.45, 7) is -0.557. The largest absolute Gasteiger partial charge is 0.423 e. The molecule has 0 rings (SSSR count). The van der Waals surface area contributed by atoms with Crippen molar-refractivity contribution in [3.8, 4) is 0 Å². The summed E-state index contributed by atoms with van der Waals surface area (Å²) in [4.78, 5) is 48.1. The van der Waals surface area contributed by atoms with Crippen molar-refractivity contribution in [2.24, 2.45) is 5.73 Å². The number of nitrogens with two attached hydrogens (primary N) is 1. The zero-order valence-corrected chi connectivity index (χ0v) is 7.24. The number of carbonyl (C=O) groups excluding carboxylic acids is 4. The lowest BCUT2D eigenvalue weighted by atomic mass is 10.6. The van der Waals surface area contributed by atoms with Gasteiger partial charge in [-0.05, 0) is 0 Å². The van der Waals surface area contributed by atoms with Crippen molar-refractivity contribution in [3.63, 3.8) is 0 Å². The number of esters is 1. The van der Waals surface area contributed by atoms with Crippen molar-refractivity contribution >= 4 is 24.2 Å². The average molecular weight is 221 g/mol. The number of hydrogen-bond acceptors (Lipinski definition) is 9. The molecule has 0 aromatic rings. The fourth-order valence-electron chi connectivity index (χ4n) is 0.364. The van der Waals surface area contributed by atoms with Crippen molar-refractivity contribution in [3.05, 3.63) is 0 Å². The maximum absolute atomic E-state index is 10.6. The van der Waals surface area contributed by atoms with E-state index in [9.17, 15) is 19.2 Å². The van der Waals surface area contributed by atoms with Gasteiger partial charge in [0, 0.05) is 0 Å². The van der Waals surface area contributed by atoms with Gasteiger partial charge in [0.2, 0.25) is 6.29 Å². The Morgan fingerprint density at radius 1 is 1.33 bits per heavy atom. The summed E-state index contributed by atoms with van der Waals surface area (Å²) in [7, 11) is 0. The molecule has 84 valence electrons. The summed E-state index contributed by atoms with van der Waals surface area (Å²) in [5.41, 5.74) is 4.79. The quantitative estimate of drug-likeness (QED) is 0.127. The minimum atomic E-state index is -2.28. The van der Waals surface area contributed by atoms with E-state index in [2.05, 4.69) is 14.5 Å². The minimum absolute atomic E-state index is 0.272. The molecule has 0 heterocycles. The second kappa shape index (κ2) is 6.45. The molecule has 15 heavy (non-hydrogen) atoms. The van der Waals surface area contributed by atoms with Gasteiger partial charge in [0.05, 0.1) is 6.54 Å². The van der Waals surface area contributed by atoms with Gasteiger partial charge in [-0.15, -0.1) is 0 Å². The number of hydrogen-bond donors (Lipinski definition) is 2. The Balaban J connectivity index is 3.94. The first kappa shape index (κ1) is 13.0. The molecule has 0 spiro atoms. The Morgan fingerprint density at radius 2 is 1.93 bits per heavy atom. The van der Waals surface area contributed by atoms with Gasteiger partial charge in [-0.25, -0.2) is 19.4 Å². The zero-order valence-electron chi connectivity index (χ0n) is 7.24. The van der Waals surface area contributed by atoms with Crippen molar-refractivity contribution in [2.75, 3.05) is 6.54 Å². The second-order valence-electron chi connectivity index (χ2n) is 1.97. The highest BCUT2D eigenvalue weighted by atomic mass is 17.2. The zero-order chi connectivity index (χ0) is 11.8. The third kappa shape index (κ3) is 5.33. The van der Waals surface area contributed by atoms with Gasteiger partial charge < -0.3 is 15.6 Å². The highest BCUT2D eigenvalue weighted by molar-refractivity contribution is 6.20. The predicted molar refractivity (Wildman–Crippen MR) is 39.4 cm³/mol. The Kier molecular flexibility index (Phi) is 5.59. The van der Waals surface area contributed by atoms with Crippen molar-refractivity contribution in [1.29, 1.82) is 0 Å². The lowest BCUT2D eigenvalue weighted by Crippen LogP contribution is -2.32. The van der Waals surface area contributed by atoms with E-state index in [-0.39, 0.29) is 6.29 Å². The fraction of sp³-hybridized carbons (Fsp3) is 0.333. The van der Waals surface area contributed by atoms with Crippen LogP contribution in [0.15, 0.2) is 0 Å². The van der Waals surface area contributed by atoms with Gasteiger partial charge >= 0.3 is 24.2 Å². The fourth-order valence-corrected chi connectivity index (χ4v) is 0.364. The van der Waals surface area contributed by atoms with Crippen LogP contribution in [0.3, 0.4) is 0 Å². The molecular formula is C6H7NO8. The van der Waals surface area contributed by atoms with Crippen molar-refractivity contribution < 1.29 is 38.8 Å². The normalized spacial score (nSPS) is 11.1. The van der Waals surface area contributed by atoms with Gasteiger partial charge in [-0.1, -0.05) is 0 Å². The maximum atomic E-state index is 10.6. The Labute approximate surface area is 82.6 Å². The molecule has 0 aliphatic heterocycles. The van der Waals surface area contributed by atoms with Crippen LogP contribution < -0.4 is 5.73 Å². The molecule has 0 amide bonds. The van der Waals surface area contributed by atoms with Crippen LogP contribution in [0.25, 0.3) is 0 Å². The highest BCUT2D eigenvalue weighted by Gasteiger charge is 2.23. The Hall–Kier alpha value is -2.00. The van der Waals surface area contributed by atoms with E-state index in [0.29, 0.717) is 0 Å². The molecule has 9 nitrogen and oxygen atoms in total. The molecule has 0 saturated carbocycles. The molecule has 0 saturated heterocycles. The van der Waals surface area contributed by atoms with E-state index in [1.807, 2.05) is 0 Å². The number of aldehydes is 1. The number of aliphatic hydroxyl groups is 1. The standard InChI is InChI=1S/C6H7NO8/c7-1-3(9)13-5(11)6(12)15-14-4(10)2-8/h2,5,11H,1,7H2. The molecule has 3 N–H and O–H groups in total. The van der Waals surface area contributed by atoms with Crippen LogP contribution in [-0.4, -0.2) is 42.1 Å². The summed E-state index contributed by atoms with van der Waals surface area (Å²) >= 11 is 0. The third-order valence-electron chi connectivity index (χ3n) is 0.914. The average Bonchev–Trinajstić information content (AvgIpc) is 2.24. The van der Waals surface area contributed by atoms with E-state index in [4.69, 9.17) is 10.8 Å². The lowest BCUT2D eigenvalue weighted by Gasteiger charge is -2.08.